The summed E-state index contributed by atoms with van der Waals surface area (Å²) in [5.41, 5.74) is 4.81. The van der Waals surface area contributed by atoms with Crippen LogP contribution in [0.3, 0.4) is 0 Å². The van der Waals surface area contributed by atoms with Gasteiger partial charge in [-0.25, -0.2) is 14.6 Å². The Labute approximate surface area is 235 Å². The Balaban J connectivity index is 1.31. The molecule has 1 saturated heterocycles. The van der Waals surface area contributed by atoms with Gasteiger partial charge in [-0.2, -0.15) is 10.4 Å². The highest BCUT2D eigenvalue weighted by Gasteiger charge is 2.35. The maximum atomic E-state index is 12.1. The Morgan fingerprint density at radius 3 is 2.75 bits per heavy atom. The Hall–Kier alpha value is -3.81. The number of aryl methyl sites for hydroxylation is 1. The Bertz CT molecular complexity index is 1430. The standard InChI is InChI=1S/C30H38N8O2/c1-20-13-27(38(35-20)17-21-7-11-37(12-8-21)18-28(40)36(3)4)34-29-32-10-6-26(33-29)22-14-23(16-31)24-5-9-30(2,19-39)25(24)15-22/h6,10,13-15,21,39H,5,7-9,11-12,17-19H2,1-4H3,(H,32,33,34). The van der Waals surface area contributed by atoms with Gasteiger partial charge in [0.25, 0.3) is 0 Å². The lowest BCUT2D eigenvalue weighted by Gasteiger charge is -2.32. The third kappa shape index (κ3) is 5.71. The van der Waals surface area contributed by atoms with Crippen LogP contribution in [0.5, 0.6) is 0 Å². The van der Waals surface area contributed by atoms with Gasteiger partial charge in [-0.05, 0) is 80.9 Å². The summed E-state index contributed by atoms with van der Waals surface area (Å²) < 4.78 is 1.99. The van der Waals surface area contributed by atoms with Crippen LogP contribution in [0.2, 0.25) is 0 Å². The zero-order valence-electron chi connectivity index (χ0n) is 23.8. The van der Waals surface area contributed by atoms with Gasteiger partial charge in [0.2, 0.25) is 11.9 Å². The highest BCUT2D eigenvalue weighted by molar-refractivity contribution is 5.77. The van der Waals surface area contributed by atoms with Gasteiger partial charge < -0.3 is 15.3 Å². The van der Waals surface area contributed by atoms with Crippen LogP contribution < -0.4 is 5.32 Å². The number of hydrogen-bond donors (Lipinski definition) is 2. The zero-order chi connectivity index (χ0) is 28.4. The van der Waals surface area contributed by atoms with Gasteiger partial charge in [0.1, 0.15) is 5.82 Å². The second kappa shape index (κ2) is 11.4. The van der Waals surface area contributed by atoms with Crippen molar-refractivity contribution in [3.63, 3.8) is 0 Å². The summed E-state index contributed by atoms with van der Waals surface area (Å²) in [4.78, 5) is 25.2. The molecule has 210 valence electrons. The van der Waals surface area contributed by atoms with Crippen LogP contribution in [0, 0.1) is 24.2 Å². The van der Waals surface area contributed by atoms with E-state index >= 15 is 0 Å². The maximum Gasteiger partial charge on any atom is 0.236 e. The molecule has 2 aliphatic rings. The summed E-state index contributed by atoms with van der Waals surface area (Å²) in [6.07, 6.45) is 5.36. The smallest absolute Gasteiger partial charge is 0.236 e. The number of aromatic nitrogens is 4. The number of amides is 1. The number of nitrogens with zero attached hydrogens (tertiary/aromatic N) is 7. The van der Waals surface area contributed by atoms with E-state index in [0.717, 1.165) is 73.5 Å². The molecule has 5 rings (SSSR count). The molecule has 1 amide bonds. The molecule has 1 aliphatic carbocycles. The van der Waals surface area contributed by atoms with Crippen molar-refractivity contribution in [1.29, 1.82) is 5.26 Å². The number of benzene rings is 1. The molecule has 2 aromatic heterocycles. The van der Waals surface area contributed by atoms with E-state index in [4.69, 9.17) is 10.1 Å². The summed E-state index contributed by atoms with van der Waals surface area (Å²) in [5, 5.41) is 28.0. The van der Waals surface area contributed by atoms with Crippen LogP contribution in [-0.4, -0.2) is 80.9 Å². The molecule has 3 heterocycles. The molecule has 0 bridgehead atoms. The van der Waals surface area contributed by atoms with Crippen LogP contribution in [0.4, 0.5) is 11.8 Å². The number of anilines is 2. The Kier molecular flexibility index (Phi) is 7.88. The van der Waals surface area contributed by atoms with Crippen molar-refractivity contribution in [2.24, 2.45) is 5.92 Å². The quantitative estimate of drug-likeness (QED) is 0.445. The average molecular weight is 543 g/mol. The largest absolute Gasteiger partial charge is 0.395 e. The highest BCUT2D eigenvalue weighted by Crippen LogP contribution is 2.42. The number of nitriles is 1. The first-order valence-corrected chi connectivity index (χ1v) is 13.9. The van der Waals surface area contributed by atoms with E-state index in [9.17, 15) is 15.2 Å². The number of rotatable bonds is 8. The summed E-state index contributed by atoms with van der Waals surface area (Å²) in [5.74, 6) is 1.90. The van der Waals surface area contributed by atoms with Crippen LogP contribution in [0.1, 0.15) is 48.6 Å². The summed E-state index contributed by atoms with van der Waals surface area (Å²) in [6.45, 7) is 7.12. The van der Waals surface area contributed by atoms with Crippen LogP contribution >= 0.6 is 0 Å². The predicted octanol–water partition coefficient (Wildman–Crippen LogP) is 3.26. The number of piperidine rings is 1. The van der Waals surface area contributed by atoms with Gasteiger partial charge in [-0.15, -0.1) is 0 Å². The van der Waals surface area contributed by atoms with Gasteiger partial charge >= 0.3 is 0 Å². The second-order valence-corrected chi connectivity index (χ2v) is 11.6. The fourth-order valence-corrected chi connectivity index (χ4v) is 5.81. The van der Waals surface area contributed by atoms with Crippen molar-refractivity contribution in [2.75, 3.05) is 45.7 Å². The fraction of sp³-hybridized carbons (Fsp3) is 0.500. The molecule has 1 aliphatic heterocycles. The molecular formula is C30H38N8O2. The Morgan fingerprint density at radius 2 is 2.05 bits per heavy atom. The molecule has 0 saturated carbocycles. The van der Waals surface area contributed by atoms with Crippen molar-refractivity contribution in [3.8, 4) is 17.3 Å². The minimum absolute atomic E-state index is 0.0431. The second-order valence-electron chi connectivity index (χ2n) is 11.6. The molecule has 0 spiro atoms. The van der Waals surface area contributed by atoms with Crippen LogP contribution in [0.15, 0.2) is 30.5 Å². The summed E-state index contributed by atoms with van der Waals surface area (Å²) in [7, 11) is 3.59. The number of fused-ring (bicyclic) bond motifs is 1. The molecule has 0 radical (unpaired) electrons. The molecule has 1 aromatic carbocycles. The van der Waals surface area contributed by atoms with E-state index in [0.29, 0.717) is 29.7 Å². The number of hydrogen-bond acceptors (Lipinski definition) is 8. The number of likely N-dealkylation sites (tertiary alicyclic amines) is 1. The van der Waals surface area contributed by atoms with Crippen LogP contribution in [-0.2, 0) is 23.2 Å². The number of carbonyl (C=O) groups excluding carboxylic acids is 1. The zero-order valence-corrected chi connectivity index (χ0v) is 23.8. The lowest BCUT2D eigenvalue weighted by Crippen LogP contribution is -2.41. The van der Waals surface area contributed by atoms with Gasteiger partial charge in [0, 0.05) is 43.9 Å². The third-order valence-corrected chi connectivity index (χ3v) is 8.39. The van der Waals surface area contributed by atoms with Gasteiger partial charge in [0.05, 0.1) is 36.2 Å². The molecular weight excluding hydrogens is 504 g/mol. The Morgan fingerprint density at radius 1 is 1.27 bits per heavy atom. The van der Waals surface area contributed by atoms with Gasteiger partial charge in [0.15, 0.2) is 0 Å². The number of aliphatic hydroxyl groups is 1. The fourth-order valence-electron chi connectivity index (χ4n) is 5.81. The van der Waals surface area contributed by atoms with E-state index in [1.54, 1.807) is 25.2 Å². The van der Waals surface area contributed by atoms with Crippen molar-refractivity contribution in [1.82, 2.24) is 29.5 Å². The number of nitrogens with one attached hydrogen (secondary N) is 1. The minimum atomic E-state index is -0.354. The minimum Gasteiger partial charge on any atom is -0.395 e. The average Bonchev–Trinajstić information content (AvgIpc) is 3.47. The third-order valence-electron chi connectivity index (χ3n) is 8.39. The topological polar surface area (TPSA) is 123 Å². The lowest BCUT2D eigenvalue weighted by molar-refractivity contribution is -0.130. The maximum absolute atomic E-state index is 12.1. The first kappa shape index (κ1) is 27.7. The molecule has 10 heteroatoms. The molecule has 3 aromatic rings. The van der Waals surface area contributed by atoms with Crippen LogP contribution in [0.25, 0.3) is 11.3 Å². The first-order chi connectivity index (χ1) is 19.2. The van der Waals surface area contributed by atoms with E-state index in [-0.39, 0.29) is 17.9 Å². The monoisotopic (exact) mass is 542 g/mol. The SMILES string of the molecule is Cc1cc(Nc2nccc(-c3cc(C#N)c4c(c3)C(C)(CO)CC4)n2)n(CC2CCN(CC(=O)N(C)C)CC2)n1. The van der Waals surface area contributed by atoms with Gasteiger partial charge in [-0.3, -0.25) is 9.69 Å². The predicted molar refractivity (Wildman–Crippen MR) is 153 cm³/mol. The lowest BCUT2D eigenvalue weighted by atomic mass is 9.83. The van der Waals surface area contributed by atoms with Crippen molar-refractivity contribution >= 4 is 17.7 Å². The van der Waals surface area contributed by atoms with Gasteiger partial charge in [-0.1, -0.05) is 6.92 Å². The molecule has 40 heavy (non-hydrogen) atoms. The number of carbonyl (C=O) groups is 1. The number of aliphatic hydroxyl groups excluding tert-OH is 1. The molecule has 2 N–H and O–H groups in total. The molecule has 1 unspecified atom stereocenters. The first-order valence-electron chi connectivity index (χ1n) is 13.9. The van der Waals surface area contributed by atoms with E-state index < -0.39 is 0 Å². The van der Waals surface area contributed by atoms with Crippen molar-refractivity contribution < 1.29 is 9.90 Å². The van der Waals surface area contributed by atoms with E-state index in [2.05, 4.69) is 27.3 Å². The van der Waals surface area contributed by atoms with Crippen molar-refractivity contribution in [3.05, 3.63) is 52.8 Å². The normalized spacial score (nSPS) is 19.3. The van der Waals surface area contributed by atoms with E-state index in [1.165, 1.54) is 0 Å². The van der Waals surface area contributed by atoms with Crippen molar-refractivity contribution in [2.45, 2.75) is 51.5 Å². The molecule has 10 nitrogen and oxygen atoms in total. The number of likely N-dealkylation sites (N-methyl/N-ethyl adjacent to an activating group) is 1. The summed E-state index contributed by atoms with van der Waals surface area (Å²) >= 11 is 0. The molecule has 1 fully saturated rings. The summed E-state index contributed by atoms with van der Waals surface area (Å²) in [6, 6.07) is 10.1. The highest BCUT2D eigenvalue weighted by atomic mass is 16.3. The molecule has 1 atom stereocenters. The van der Waals surface area contributed by atoms with E-state index in [1.807, 2.05) is 36.7 Å².